The van der Waals surface area contributed by atoms with Crippen molar-refractivity contribution >= 4 is 27.5 Å². The van der Waals surface area contributed by atoms with Crippen molar-refractivity contribution < 1.29 is 4.74 Å². The lowest BCUT2D eigenvalue weighted by atomic mass is 10.1. The van der Waals surface area contributed by atoms with Crippen LogP contribution in [0.1, 0.15) is 31.0 Å². The van der Waals surface area contributed by atoms with Gasteiger partial charge in [-0.15, -0.1) is 0 Å². The lowest BCUT2D eigenvalue weighted by Crippen LogP contribution is -2.18. The van der Waals surface area contributed by atoms with Crippen LogP contribution in [0.4, 0.5) is 0 Å². The Morgan fingerprint density at radius 3 is 2.67 bits per heavy atom. The van der Waals surface area contributed by atoms with Crippen LogP contribution in [-0.4, -0.2) is 6.54 Å². The number of benzene rings is 2. The second kappa shape index (κ2) is 7.30. The van der Waals surface area contributed by atoms with E-state index in [-0.39, 0.29) is 6.04 Å². The molecule has 2 rings (SSSR count). The Bertz CT molecular complexity index is 630. The highest BCUT2D eigenvalue weighted by atomic mass is 79.9. The van der Waals surface area contributed by atoms with Crippen LogP contribution in [0.5, 0.6) is 11.5 Å². The lowest BCUT2D eigenvalue weighted by molar-refractivity contribution is 0.463. The van der Waals surface area contributed by atoms with E-state index in [9.17, 15) is 0 Å². The molecule has 0 saturated heterocycles. The van der Waals surface area contributed by atoms with Crippen molar-refractivity contribution in [2.75, 3.05) is 6.54 Å². The normalized spacial score (nSPS) is 12.2. The minimum absolute atomic E-state index is 0.200. The molecular formula is C17H19BrClNO. The first-order chi connectivity index (χ1) is 10.0. The number of halogens is 2. The Balaban J connectivity index is 2.37. The maximum atomic E-state index is 6.22. The Hall–Kier alpha value is -1.03. The Labute approximate surface area is 139 Å². The summed E-state index contributed by atoms with van der Waals surface area (Å²) in [5.41, 5.74) is 2.22. The largest absolute Gasteiger partial charge is 0.455 e. The van der Waals surface area contributed by atoms with E-state index in [4.69, 9.17) is 16.3 Å². The maximum absolute atomic E-state index is 6.22. The van der Waals surface area contributed by atoms with Crippen LogP contribution in [0.15, 0.2) is 40.9 Å². The molecular weight excluding hydrogens is 350 g/mol. The number of hydrogen-bond acceptors (Lipinski definition) is 2. The van der Waals surface area contributed by atoms with Gasteiger partial charge in [0.05, 0.1) is 5.02 Å². The standard InChI is InChI=1S/C17H19BrClNO/c1-4-20-12(3)14-10-13(18)6-8-16(14)21-17-9-11(2)5-7-15(17)19/h5-10,12,20H,4H2,1-3H3. The maximum Gasteiger partial charge on any atom is 0.146 e. The van der Waals surface area contributed by atoms with E-state index in [1.165, 1.54) is 0 Å². The van der Waals surface area contributed by atoms with Gasteiger partial charge in [0.15, 0.2) is 0 Å². The van der Waals surface area contributed by atoms with E-state index >= 15 is 0 Å². The van der Waals surface area contributed by atoms with Crippen molar-refractivity contribution in [3.8, 4) is 11.5 Å². The van der Waals surface area contributed by atoms with Crippen LogP contribution in [0.2, 0.25) is 5.02 Å². The van der Waals surface area contributed by atoms with Crippen LogP contribution < -0.4 is 10.1 Å². The van der Waals surface area contributed by atoms with Gasteiger partial charge in [-0.3, -0.25) is 0 Å². The topological polar surface area (TPSA) is 21.3 Å². The molecule has 1 N–H and O–H groups in total. The van der Waals surface area contributed by atoms with Crippen LogP contribution in [0, 0.1) is 6.92 Å². The number of ether oxygens (including phenoxy) is 1. The zero-order valence-corrected chi connectivity index (χ0v) is 14.8. The second-order valence-electron chi connectivity index (χ2n) is 5.00. The first kappa shape index (κ1) is 16.3. The summed E-state index contributed by atoms with van der Waals surface area (Å²) in [6.45, 7) is 7.13. The van der Waals surface area contributed by atoms with E-state index in [0.717, 1.165) is 27.9 Å². The third kappa shape index (κ3) is 4.22. The van der Waals surface area contributed by atoms with Crippen LogP contribution in [0.25, 0.3) is 0 Å². The molecule has 0 radical (unpaired) electrons. The minimum atomic E-state index is 0.200. The number of hydrogen-bond donors (Lipinski definition) is 1. The molecule has 2 aromatic rings. The summed E-state index contributed by atoms with van der Waals surface area (Å²) < 4.78 is 7.08. The van der Waals surface area contributed by atoms with Gasteiger partial charge >= 0.3 is 0 Å². The number of rotatable bonds is 5. The van der Waals surface area contributed by atoms with Crippen LogP contribution >= 0.6 is 27.5 Å². The summed E-state index contributed by atoms with van der Waals surface area (Å²) in [5, 5.41) is 4.02. The van der Waals surface area contributed by atoms with E-state index in [0.29, 0.717) is 10.8 Å². The second-order valence-corrected chi connectivity index (χ2v) is 6.32. The van der Waals surface area contributed by atoms with Crippen molar-refractivity contribution in [2.45, 2.75) is 26.8 Å². The average molecular weight is 369 g/mol. The SMILES string of the molecule is CCNC(C)c1cc(Br)ccc1Oc1cc(C)ccc1Cl. The molecule has 0 fully saturated rings. The zero-order chi connectivity index (χ0) is 15.4. The minimum Gasteiger partial charge on any atom is -0.455 e. The highest BCUT2D eigenvalue weighted by Crippen LogP contribution is 2.35. The molecule has 0 saturated carbocycles. The summed E-state index contributed by atoms with van der Waals surface area (Å²) >= 11 is 9.74. The Kier molecular flexibility index (Phi) is 5.68. The molecule has 21 heavy (non-hydrogen) atoms. The third-order valence-electron chi connectivity index (χ3n) is 3.26. The summed E-state index contributed by atoms with van der Waals surface area (Å²) in [7, 11) is 0. The summed E-state index contributed by atoms with van der Waals surface area (Å²) in [5.74, 6) is 1.50. The Morgan fingerprint density at radius 1 is 1.19 bits per heavy atom. The van der Waals surface area contributed by atoms with E-state index < -0.39 is 0 Å². The van der Waals surface area contributed by atoms with E-state index in [2.05, 4.69) is 41.2 Å². The molecule has 0 aromatic heterocycles. The van der Waals surface area contributed by atoms with E-state index in [1.54, 1.807) is 0 Å². The molecule has 0 bridgehead atoms. The average Bonchev–Trinajstić information content (AvgIpc) is 2.45. The van der Waals surface area contributed by atoms with Gasteiger partial charge in [0, 0.05) is 16.1 Å². The zero-order valence-electron chi connectivity index (χ0n) is 12.4. The quantitative estimate of drug-likeness (QED) is 0.712. The van der Waals surface area contributed by atoms with E-state index in [1.807, 2.05) is 37.3 Å². The molecule has 4 heteroatoms. The summed E-state index contributed by atoms with van der Waals surface area (Å²) in [6.07, 6.45) is 0. The summed E-state index contributed by atoms with van der Waals surface area (Å²) in [6, 6.07) is 12.0. The molecule has 0 amide bonds. The molecule has 2 nitrogen and oxygen atoms in total. The highest BCUT2D eigenvalue weighted by molar-refractivity contribution is 9.10. The van der Waals surface area contributed by atoms with Gasteiger partial charge in [0.1, 0.15) is 11.5 Å². The molecule has 1 unspecified atom stereocenters. The van der Waals surface area contributed by atoms with Gasteiger partial charge in [-0.25, -0.2) is 0 Å². The lowest BCUT2D eigenvalue weighted by Gasteiger charge is -2.18. The van der Waals surface area contributed by atoms with Crippen molar-refractivity contribution in [3.63, 3.8) is 0 Å². The van der Waals surface area contributed by atoms with Crippen LogP contribution in [-0.2, 0) is 0 Å². The summed E-state index contributed by atoms with van der Waals surface area (Å²) in [4.78, 5) is 0. The molecule has 1 atom stereocenters. The number of nitrogens with one attached hydrogen (secondary N) is 1. The van der Waals surface area contributed by atoms with Crippen LogP contribution in [0.3, 0.4) is 0 Å². The van der Waals surface area contributed by atoms with Gasteiger partial charge in [0.25, 0.3) is 0 Å². The van der Waals surface area contributed by atoms with Gasteiger partial charge in [0.2, 0.25) is 0 Å². The van der Waals surface area contributed by atoms with Gasteiger partial charge in [-0.2, -0.15) is 0 Å². The fourth-order valence-corrected chi connectivity index (χ4v) is 2.71. The molecule has 0 aliphatic rings. The first-order valence-corrected chi connectivity index (χ1v) is 8.15. The predicted octanol–water partition coefficient (Wildman–Crippen LogP) is 5.87. The molecule has 112 valence electrons. The van der Waals surface area contributed by atoms with Crippen molar-refractivity contribution in [1.82, 2.24) is 5.32 Å². The molecule has 2 aromatic carbocycles. The third-order valence-corrected chi connectivity index (χ3v) is 4.06. The van der Waals surface area contributed by atoms with Gasteiger partial charge in [-0.1, -0.05) is 40.5 Å². The van der Waals surface area contributed by atoms with Crippen molar-refractivity contribution in [3.05, 3.63) is 57.0 Å². The molecule has 0 spiro atoms. The molecule has 0 aliphatic heterocycles. The molecule has 0 heterocycles. The fraction of sp³-hybridized carbons (Fsp3) is 0.294. The fourth-order valence-electron chi connectivity index (χ4n) is 2.17. The van der Waals surface area contributed by atoms with Crippen molar-refractivity contribution in [2.24, 2.45) is 0 Å². The number of aryl methyl sites for hydroxylation is 1. The van der Waals surface area contributed by atoms with Gasteiger partial charge < -0.3 is 10.1 Å². The van der Waals surface area contributed by atoms with Gasteiger partial charge in [-0.05, 0) is 56.3 Å². The van der Waals surface area contributed by atoms with Crippen molar-refractivity contribution in [1.29, 1.82) is 0 Å². The predicted molar refractivity (Wildman–Crippen MR) is 92.5 cm³/mol. The Morgan fingerprint density at radius 2 is 1.95 bits per heavy atom. The highest BCUT2D eigenvalue weighted by Gasteiger charge is 2.13. The smallest absolute Gasteiger partial charge is 0.146 e. The first-order valence-electron chi connectivity index (χ1n) is 6.98. The molecule has 0 aliphatic carbocycles. The monoisotopic (exact) mass is 367 g/mol.